The van der Waals surface area contributed by atoms with E-state index in [9.17, 15) is 4.39 Å². The molecular formula is C11H17FN2. The van der Waals surface area contributed by atoms with Crippen LogP contribution in [0.3, 0.4) is 0 Å². The Bertz CT molecular complexity index is 321. The van der Waals surface area contributed by atoms with E-state index in [1.807, 2.05) is 20.8 Å². The molecule has 0 aliphatic heterocycles. The van der Waals surface area contributed by atoms with Crippen molar-refractivity contribution >= 4 is 0 Å². The molecule has 1 aromatic rings. The topological polar surface area (TPSA) is 38.9 Å². The smallest absolute Gasteiger partial charge is 0.145 e. The number of nitrogens with zero attached hydrogens (tertiary/aromatic N) is 1. The Morgan fingerprint density at radius 2 is 2.14 bits per heavy atom. The second kappa shape index (κ2) is 4.51. The highest BCUT2D eigenvalue weighted by Gasteiger charge is 2.12. The summed E-state index contributed by atoms with van der Waals surface area (Å²) in [4.78, 5) is 4.26. The van der Waals surface area contributed by atoms with Crippen molar-refractivity contribution in [1.82, 2.24) is 4.98 Å². The Hall–Kier alpha value is -0.960. The highest BCUT2D eigenvalue weighted by molar-refractivity contribution is 5.25. The third-order valence-corrected chi connectivity index (χ3v) is 2.29. The predicted molar refractivity (Wildman–Crippen MR) is 55.6 cm³/mol. The summed E-state index contributed by atoms with van der Waals surface area (Å²) in [5, 5.41) is 0. The fourth-order valence-corrected chi connectivity index (χ4v) is 1.47. The Balaban J connectivity index is 3.23. The van der Waals surface area contributed by atoms with Crippen LogP contribution in [0, 0.1) is 5.82 Å². The van der Waals surface area contributed by atoms with Crippen LogP contribution in [-0.4, -0.2) is 4.98 Å². The Morgan fingerprint density at radius 1 is 1.50 bits per heavy atom. The molecule has 0 bridgehead atoms. The van der Waals surface area contributed by atoms with E-state index < -0.39 is 0 Å². The zero-order valence-corrected chi connectivity index (χ0v) is 8.97. The van der Waals surface area contributed by atoms with Crippen LogP contribution in [0.4, 0.5) is 4.39 Å². The van der Waals surface area contributed by atoms with Gasteiger partial charge in [-0.3, -0.25) is 4.98 Å². The first kappa shape index (κ1) is 11.1. The minimum Gasteiger partial charge on any atom is -0.325 e. The van der Waals surface area contributed by atoms with E-state index in [1.165, 1.54) is 0 Å². The van der Waals surface area contributed by atoms with E-state index in [0.29, 0.717) is 12.2 Å². The van der Waals surface area contributed by atoms with Crippen molar-refractivity contribution in [3.63, 3.8) is 0 Å². The maximum absolute atomic E-state index is 13.5. The van der Waals surface area contributed by atoms with Gasteiger partial charge in [-0.15, -0.1) is 0 Å². The van der Waals surface area contributed by atoms with Gasteiger partial charge in [0.2, 0.25) is 0 Å². The maximum atomic E-state index is 13.5. The van der Waals surface area contributed by atoms with Gasteiger partial charge in [-0.1, -0.05) is 20.8 Å². The lowest BCUT2D eigenvalue weighted by Gasteiger charge is -2.11. The molecule has 1 rings (SSSR count). The maximum Gasteiger partial charge on any atom is 0.145 e. The van der Waals surface area contributed by atoms with Gasteiger partial charge in [0, 0.05) is 6.54 Å². The molecule has 3 heteroatoms. The normalized spacial score (nSPS) is 11.0. The van der Waals surface area contributed by atoms with Crippen LogP contribution in [0.2, 0.25) is 0 Å². The molecule has 0 radical (unpaired) electrons. The molecule has 0 saturated heterocycles. The molecule has 14 heavy (non-hydrogen) atoms. The van der Waals surface area contributed by atoms with Crippen molar-refractivity contribution in [3.8, 4) is 0 Å². The lowest BCUT2D eigenvalue weighted by atomic mass is 10.0. The van der Waals surface area contributed by atoms with Gasteiger partial charge in [0.25, 0.3) is 0 Å². The van der Waals surface area contributed by atoms with Crippen LogP contribution in [0.5, 0.6) is 0 Å². The van der Waals surface area contributed by atoms with Gasteiger partial charge in [0.1, 0.15) is 5.82 Å². The first-order chi connectivity index (χ1) is 6.60. The third-order valence-electron chi connectivity index (χ3n) is 2.29. The van der Waals surface area contributed by atoms with Crippen LogP contribution in [0.1, 0.15) is 43.6 Å². The number of pyridine rings is 1. The van der Waals surface area contributed by atoms with Crippen LogP contribution in [-0.2, 0) is 13.0 Å². The molecule has 0 aromatic carbocycles. The number of hydrogen-bond donors (Lipinski definition) is 1. The van der Waals surface area contributed by atoms with Crippen molar-refractivity contribution in [2.45, 2.75) is 39.7 Å². The molecule has 0 saturated carbocycles. The third kappa shape index (κ3) is 2.10. The van der Waals surface area contributed by atoms with Gasteiger partial charge in [0.15, 0.2) is 0 Å². The van der Waals surface area contributed by atoms with Crippen molar-refractivity contribution in [3.05, 3.63) is 28.8 Å². The van der Waals surface area contributed by atoms with E-state index >= 15 is 0 Å². The molecule has 0 aliphatic carbocycles. The zero-order chi connectivity index (χ0) is 10.7. The van der Waals surface area contributed by atoms with Crippen molar-refractivity contribution in [1.29, 1.82) is 0 Å². The van der Waals surface area contributed by atoms with E-state index in [2.05, 4.69) is 4.98 Å². The van der Waals surface area contributed by atoms with Gasteiger partial charge in [-0.2, -0.15) is 0 Å². The number of halogens is 1. The molecule has 2 nitrogen and oxygen atoms in total. The summed E-state index contributed by atoms with van der Waals surface area (Å²) in [6.45, 7) is 6.21. The molecule has 0 amide bonds. The molecule has 1 heterocycles. The number of hydrogen-bond acceptors (Lipinski definition) is 2. The number of nitrogens with two attached hydrogens (primary N) is 1. The van der Waals surface area contributed by atoms with E-state index in [1.54, 1.807) is 6.07 Å². The summed E-state index contributed by atoms with van der Waals surface area (Å²) >= 11 is 0. The number of aromatic nitrogens is 1. The summed E-state index contributed by atoms with van der Waals surface area (Å²) in [5.41, 5.74) is 7.81. The van der Waals surface area contributed by atoms with Gasteiger partial charge in [-0.05, 0) is 24.0 Å². The number of rotatable bonds is 3. The quantitative estimate of drug-likeness (QED) is 0.806. The summed E-state index contributed by atoms with van der Waals surface area (Å²) in [7, 11) is 0. The van der Waals surface area contributed by atoms with Crippen molar-refractivity contribution in [2.75, 3.05) is 0 Å². The van der Waals surface area contributed by atoms with Crippen LogP contribution in [0.15, 0.2) is 6.07 Å². The highest BCUT2D eigenvalue weighted by Crippen LogP contribution is 2.19. The lowest BCUT2D eigenvalue weighted by molar-refractivity contribution is 0.578. The van der Waals surface area contributed by atoms with Crippen molar-refractivity contribution < 1.29 is 4.39 Å². The van der Waals surface area contributed by atoms with Gasteiger partial charge in [0.05, 0.1) is 11.4 Å². The average Bonchev–Trinajstić information content (AvgIpc) is 2.16. The molecule has 78 valence electrons. The van der Waals surface area contributed by atoms with E-state index in [4.69, 9.17) is 5.73 Å². The first-order valence-electron chi connectivity index (χ1n) is 4.98. The molecule has 0 fully saturated rings. The second-order valence-electron chi connectivity index (χ2n) is 3.67. The van der Waals surface area contributed by atoms with Gasteiger partial charge < -0.3 is 5.73 Å². The molecule has 2 N–H and O–H groups in total. The summed E-state index contributed by atoms with van der Waals surface area (Å²) in [6.07, 6.45) is 0.773. The SMILES string of the molecule is CCc1cc(F)c(C(C)C)nc1CN. The molecule has 0 unspecified atom stereocenters. The lowest BCUT2D eigenvalue weighted by Crippen LogP contribution is -2.09. The molecule has 0 aliphatic rings. The highest BCUT2D eigenvalue weighted by atomic mass is 19.1. The fourth-order valence-electron chi connectivity index (χ4n) is 1.47. The average molecular weight is 196 g/mol. The van der Waals surface area contributed by atoms with Crippen LogP contribution < -0.4 is 5.73 Å². The van der Waals surface area contributed by atoms with Gasteiger partial charge in [-0.25, -0.2) is 4.39 Å². The zero-order valence-electron chi connectivity index (χ0n) is 8.97. The van der Waals surface area contributed by atoms with E-state index in [-0.39, 0.29) is 11.7 Å². The first-order valence-corrected chi connectivity index (χ1v) is 4.98. The summed E-state index contributed by atoms with van der Waals surface area (Å²) in [5.74, 6) is -0.111. The molecule has 0 spiro atoms. The molecule has 1 aromatic heterocycles. The minimum absolute atomic E-state index is 0.103. The minimum atomic E-state index is -0.214. The molecule has 0 atom stereocenters. The standard InChI is InChI=1S/C11H17FN2/c1-4-8-5-9(12)11(7(2)3)14-10(8)6-13/h5,7H,4,6,13H2,1-3H3. The van der Waals surface area contributed by atoms with Crippen LogP contribution in [0.25, 0.3) is 0 Å². The Labute approximate surface area is 84.3 Å². The Kier molecular flexibility index (Phi) is 3.58. The fraction of sp³-hybridized carbons (Fsp3) is 0.545. The van der Waals surface area contributed by atoms with Crippen LogP contribution >= 0.6 is 0 Å². The number of aryl methyl sites for hydroxylation is 1. The monoisotopic (exact) mass is 196 g/mol. The largest absolute Gasteiger partial charge is 0.325 e. The second-order valence-corrected chi connectivity index (χ2v) is 3.67. The summed E-state index contributed by atoms with van der Waals surface area (Å²) < 4.78 is 13.5. The summed E-state index contributed by atoms with van der Waals surface area (Å²) in [6, 6.07) is 1.56. The van der Waals surface area contributed by atoms with Gasteiger partial charge >= 0.3 is 0 Å². The molecular weight excluding hydrogens is 179 g/mol. The van der Waals surface area contributed by atoms with E-state index in [0.717, 1.165) is 17.7 Å². The predicted octanol–water partition coefficient (Wildman–Crippen LogP) is 2.37. The Morgan fingerprint density at radius 3 is 2.57 bits per heavy atom. The van der Waals surface area contributed by atoms with Crippen molar-refractivity contribution in [2.24, 2.45) is 5.73 Å².